The highest BCUT2D eigenvalue weighted by Crippen LogP contribution is 2.18. The summed E-state index contributed by atoms with van der Waals surface area (Å²) >= 11 is 0. The molecule has 0 bridgehead atoms. The molecule has 5 heteroatoms. The molecule has 0 heterocycles. The molecule has 0 saturated carbocycles. The highest BCUT2D eigenvalue weighted by Gasteiger charge is 2.12. The summed E-state index contributed by atoms with van der Waals surface area (Å²) in [6, 6.07) is 3.27. The topological polar surface area (TPSA) is 46.5 Å². The van der Waals surface area contributed by atoms with Gasteiger partial charge >= 0.3 is 5.97 Å². The van der Waals surface area contributed by atoms with Gasteiger partial charge in [-0.2, -0.15) is 0 Å². The lowest BCUT2D eigenvalue weighted by Gasteiger charge is -2.02. The van der Waals surface area contributed by atoms with Crippen LogP contribution in [0, 0.1) is 11.6 Å². The van der Waals surface area contributed by atoms with E-state index in [9.17, 15) is 18.7 Å². The number of esters is 1. The predicted octanol–water partition coefficient (Wildman–Crippen LogP) is 2.04. The van der Waals surface area contributed by atoms with E-state index >= 15 is 0 Å². The van der Waals surface area contributed by atoms with E-state index in [1.54, 1.807) is 0 Å². The Morgan fingerprint density at radius 3 is 2.73 bits per heavy atom. The van der Waals surface area contributed by atoms with Crippen molar-refractivity contribution >= 4 is 11.7 Å². The lowest BCUT2D eigenvalue weighted by Crippen LogP contribution is -1.99. The van der Waals surface area contributed by atoms with Crippen molar-refractivity contribution in [1.29, 1.82) is 0 Å². The van der Waals surface area contributed by atoms with Crippen molar-refractivity contribution in [2.75, 3.05) is 7.11 Å². The number of methoxy groups -OCH3 is 1. The molecular weight excluding hydrogens is 206 g/mol. The van der Waals surface area contributed by atoms with Gasteiger partial charge in [0.25, 0.3) is 0 Å². The first kappa shape index (κ1) is 11.2. The number of aliphatic hydroxyl groups excluding tert-OH is 1. The van der Waals surface area contributed by atoms with Gasteiger partial charge in [-0.3, -0.25) is 0 Å². The van der Waals surface area contributed by atoms with Gasteiger partial charge in [0, 0.05) is 0 Å². The van der Waals surface area contributed by atoms with Crippen LogP contribution in [0.25, 0.3) is 5.76 Å². The van der Waals surface area contributed by atoms with Gasteiger partial charge in [-0.15, -0.1) is 0 Å². The number of rotatable bonds is 2. The van der Waals surface area contributed by atoms with Crippen molar-refractivity contribution in [1.82, 2.24) is 0 Å². The Balaban J connectivity index is 3.11. The Morgan fingerprint density at radius 2 is 2.13 bits per heavy atom. The second-order valence-electron chi connectivity index (χ2n) is 2.65. The summed E-state index contributed by atoms with van der Waals surface area (Å²) in [4.78, 5) is 10.7. The highest BCUT2D eigenvalue weighted by molar-refractivity contribution is 5.89. The molecule has 0 unspecified atom stereocenters. The third-order valence-corrected chi connectivity index (χ3v) is 1.68. The van der Waals surface area contributed by atoms with E-state index in [2.05, 4.69) is 4.74 Å². The molecule has 0 aliphatic rings. The molecule has 0 amide bonds. The number of hydrogen-bond donors (Lipinski definition) is 1. The third-order valence-electron chi connectivity index (χ3n) is 1.68. The van der Waals surface area contributed by atoms with Crippen molar-refractivity contribution in [2.45, 2.75) is 0 Å². The molecule has 0 atom stereocenters. The summed E-state index contributed by atoms with van der Waals surface area (Å²) in [6.07, 6.45) is 0.665. The van der Waals surface area contributed by atoms with Gasteiger partial charge in [-0.1, -0.05) is 6.07 Å². The monoisotopic (exact) mass is 214 g/mol. The van der Waals surface area contributed by atoms with E-state index in [1.807, 2.05) is 0 Å². The van der Waals surface area contributed by atoms with Crippen LogP contribution in [-0.4, -0.2) is 18.2 Å². The fourth-order valence-corrected chi connectivity index (χ4v) is 0.950. The summed E-state index contributed by atoms with van der Waals surface area (Å²) in [7, 11) is 1.11. The lowest BCUT2D eigenvalue weighted by atomic mass is 10.1. The maximum atomic E-state index is 13.1. The first-order valence-corrected chi connectivity index (χ1v) is 3.99. The maximum absolute atomic E-state index is 13.1. The number of ether oxygens (including phenoxy) is 1. The molecule has 1 N–H and O–H groups in total. The molecular formula is C10H8F2O3. The fourth-order valence-electron chi connectivity index (χ4n) is 0.950. The van der Waals surface area contributed by atoms with Crippen molar-refractivity contribution in [3.05, 3.63) is 41.5 Å². The van der Waals surface area contributed by atoms with Crippen LogP contribution in [0.2, 0.25) is 0 Å². The summed E-state index contributed by atoms with van der Waals surface area (Å²) in [5, 5.41) is 9.28. The van der Waals surface area contributed by atoms with E-state index in [1.165, 1.54) is 6.07 Å². The third kappa shape index (κ3) is 2.52. The molecule has 1 aromatic carbocycles. The van der Waals surface area contributed by atoms with E-state index in [4.69, 9.17) is 0 Å². The van der Waals surface area contributed by atoms with Gasteiger partial charge in [-0.05, 0) is 12.1 Å². The summed E-state index contributed by atoms with van der Waals surface area (Å²) in [5.41, 5.74) is -0.389. The summed E-state index contributed by atoms with van der Waals surface area (Å²) < 4.78 is 30.0. The molecule has 0 aliphatic heterocycles. The van der Waals surface area contributed by atoms with Crippen molar-refractivity contribution in [3.8, 4) is 0 Å². The molecule has 0 saturated heterocycles. The van der Waals surface area contributed by atoms with Crippen molar-refractivity contribution < 1.29 is 23.4 Å². The number of aliphatic hydroxyl groups is 1. The zero-order chi connectivity index (χ0) is 11.4. The van der Waals surface area contributed by atoms with Crippen molar-refractivity contribution in [2.24, 2.45) is 0 Å². The minimum atomic E-state index is -1.21. The van der Waals surface area contributed by atoms with Crippen LogP contribution in [0.3, 0.4) is 0 Å². The minimum Gasteiger partial charge on any atom is -0.507 e. The highest BCUT2D eigenvalue weighted by atomic mass is 19.2. The molecule has 3 nitrogen and oxygen atoms in total. The number of carbonyl (C=O) groups is 1. The summed E-state index contributed by atoms with van der Waals surface area (Å²) in [6.45, 7) is 0. The zero-order valence-electron chi connectivity index (χ0n) is 7.83. The molecule has 0 aliphatic carbocycles. The standard InChI is InChI=1S/C10H8F2O3/c1-15-9(14)5-8(13)6-3-2-4-7(11)10(6)12/h2-5,13H,1H3/b8-5-. The Bertz CT molecular complexity index is 413. The lowest BCUT2D eigenvalue weighted by molar-refractivity contribution is -0.134. The Labute approximate surface area is 84.6 Å². The van der Waals surface area contributed by atoms with E-state index in [0.29, 0.717) is 6.08 Å². The Morgan fingerprint density at radius 1 is 1.47 bits per heavy atom. The predicted molar refractivity (Wildman–Crippen MR) is 49.0 cm³/mol. The first-order chi connectivity index (χ1) is 7.06. The van der Waals surface area contributed by atoms with Crippen LogP contribution >= 0.6 is 0 Å². The molecule has 80 valence electrons. The SMILES string of the molecule is COC(=O)/C=C(\O)c1cccc(F)c1F. The molecule has 0 spiro atoms. The van der Waals surface area contributed by atoms with Gasteiger partial charge < -0.3 is 9.84 Å². The van der Waals surface area contributed by atoms with Crippen LogP contribution < -0.4 is 0 Å². The fraction of sp³-hybridized carbons (Fsp3) is 0.100. The van der Waals surface area contributed by atoms with Crippen molar-refractivity contribution in [3.63, 3.8) is 0 Å². The zero-order valence-corrected chi connectivity index (χ0v) is 7.83. The van der Waals surface area contributed by atoms with Gasteiger partial charge in [0.05, 0.1) is 18.7 Å². The van der Waals surface area contributed by atoms with Gasteiger partial charge in [0.2, 0.25) is 0 Å². The van der Waals surface area contributed by atoms with Crippen LogP contribution in [0.5, 0.6) is 0 Å². The molecule has 1 aromatic rings. The van der Waals surface area contributed by atoms with Crippen LogP contribution in [-0.2, 0) is 9.53 Å². The summed E-state index contributed by atoms with van der Waals surface area (Å²) in [5.74, 6) is -3.84. The normalized spacial score (nSPS) is 11.3. The molecule has 1 rings (SSSR count). The van der Waals surface area contributed by atoms with E-state index in [0.717, 1.165) is 19.2 Å². The van der Waals surface area contributed by atoms with Gasteiger partial charge in [-0.25, -0.2) is 13.6 Å². The van der Waals surface area contributed by atoms with Crippen LogP contribution in [0.1, 0.15) is 5.56 Å². The van der Waals surface area contributed by atoms with E-state index < -0.39 is 23.4 Å². The molecule has 0 fully saturated rings. The maximum Gasteiger partial charge on any atom is 0.334 e. The number of benzene rings is 1. The van der Waals surface area contributed by atoms with E-state index in [-0.39, 0.29) is 5.56 Å². The first-order valence-electron chi connectivity index (χ1n) is 3.99. The Kier molecular flexibility index (Phi) is 3.38. The quantitative estimate of drug-likeness (QED) is 0.465. The van der Waals surface area contributed by atoms with Crippen LogP contribution in [0.4, 0.5) is 8.78 Å². The molecule has 15 heavy (non-hydrogen) atoms. The molecule has 0 radical (unpaired) electrons. The van der Waals surface area contributed by atoms with Gasteiger partial charge in [0.1, 0.15) is 5.76 Å². The Hall–Kier alpha value is -1.91. The molecule has 0 aromatic heterocycles. The largest absolute Gasteiger partial charge is 0.507 e. The number of carbonyl (C=O) groups excluding carboxylic acids is 1. The minimum absolute atomic E-state index is 0.389. The average Bonchev–Trinajstić information content (AvgIpc) is 2.21. The van der Waals surface area contributed by atoms with Crippen LogP contribution in [0.15, 0.2) is 24.3 Å². The number of hydrogen-bond acceptors (Lipinski definition) is 3. The number of halogens is 2. The second-order valence-corrected chi connectivity index (χ2v) is 2.65. The smallest absolute Gasteiger partial charge is 0.334 e. The van der Waals surface area contributed by atoms with Gasteiger partial charge in [0.15, 0.2) is 11.6 Å². The average molecular weight is 214 g/mol. The second kappa shape index (κ2) is 4.54.